The van der Waals surface area contributed by atoms with Crippen molar-refractivity contribution in [3.8, 4) is 0 Å². The van der Waals surface area contributed by atoms with E-state index in [0.717, 1.165) is 0 Å². The van der Waals surface area contributed by atoms with Gasteiger partial charge in [0, 0.05) is 0 Å². The normalized spacial score (nSPS) is 7.11. The Hall–Kier alpha value is -0.0100. The van der Waals surface area contributed by atoms with Gasteiger partial charge in [0.05, 0.1) is 0 Å². The van der Waals surface area contributed by atoms with E-state index in [1.807, 2.05) is 14.1 Å². The topological polar surface area (TPSA) is 3.01 Å². The third-order valence-electron chi connectivity index (χ3n) is 0.596. The van der Waals surface area contributed by atoms with Crippen LogP contribution in [0.1, 0.15) is 0 Å². The van der Waals surface area contributed by atoms with Crippen LogP contribution in [0.2, 0.25) is 0 Å². The van der Waals surface area contributed by atoms with E-state index in [9.17, 15) is 0 Å². The Morgan fingerprint density at radius 3 is 1.78 bits per heavy atom. The van der Waals surface area contributed by atoms with E-state index in [0.29, 0.717) is 11.1 Å². The lowest BCUT2D eigenvalue weighted by Gasteiger charge is -1.84. The zero-order valence-corrected chi connectivity index (χ0v) is 7.34. The molecule has 0 aliphatic carbocycles. The van der Waals surface area contributed by atoms with Crippen LogP contribution in [-0.2, 0) is 0 Å². The fourth-order valence-corrected chi connectivity index (χ4v) is 0.359. The van der Waals surface area contributed by atoms with Gasteiger partial charge in [0.25, 0.3) is 5.17 Å². The van der Waals surface area contributed by atoms with E-state index >= 15 is 0 Å². The average molecular weight is 169 g/mol. The lowest BCUT2D eigenvalue weighted by Crippen LogP contribution is -2.07. The average Bonchev–Trinajstić information content (AvgIpc) is 1.91. The fraction of sp³-hybridized carbons (Fsp3) is 0.500. The highest BCUT2D eigenvalue weighted by molar-refractivity contribution is 6.68. The zero-order chi connectivity index (χ0) is 7.86. The first-order chi connectivity index (χ1) is 4.18. The maximum Gasteiger partial charge on any atom is 0.259 e. The Kier molecular flexibility index (Phi) is 10.4. The van der Waals surface area contributed by atoms with Gasteiger partial charge in [-0.25, -0.2) is 4.58 Å². The molecule has 0 bridgehead atoms. The van der Waals surface area contributed by atoms with Gasteiger partial charge in [-0.15, -0.1) is 24.8 Å². The molecular formula is C6H12Cl2N+. The molecule has 0 aliphatic rings. The molecule has 0 fully saturated rings. The van der Waals surface area contributed by atoms with Crippen molar-refractivity contribution < 1.29 is 4.58 Å². The van der Waals surface area contributed by atoms with Gasteiger partial charge in [-0.3, -0.25) is 0 Å². The van der Waals surface area contributed by atoms with E-state index in [1.165, 1.54) is 0 Å². The van der Waals surface area contributed by atoms with Crippen molar-refractivity contribution in [2.45, 2.75) is 0 Å². The first kappa shape index (κ1) is 11.7. The van der Waals surface area contributed by atoms with Gasteiger partial charge in [0.15, 0.2) is 0 Å². The first-order valence-corrected chi connectivity index (χ1v) is 3.34. The molecule has 0 heterocycles. The Labute approximate surface area is 66.6 Å². The minimum absolute atomic E-state index is 0.397. The summed E-state index contributed by atoms with van der Waals surface area (Å²) in [6, 6.07) is 0. The molecule has 0 atom stereocenters. The molecule has 0 saturated heterocycles. The Morgan fingerprint density at radius 2 is 1.78 bits per heavy atom. The van der Waals surface area contributed by atoms with Crippen LogP contribution in [0.5, 0.6) is 0 Å². The van der Waals surface area contributed by atoms with Crippen LogP contribution in [0.25, 0.3) is 0 Å². The van der Waals surface area contributed by atoms with Crippen LogP contribution in [0.4, 0.5) is 0 Å². The predicted molar refractivity (Wildman–Crippen MR) is 44.9 cm³/mol. The second-order valence-electron chi connectivity index (χ2n) is 1.40. The van der Waals surface area contributed by atoms with Gasteiger partial charge in [-0.05, 0) is 11.6 Å². The van der Waals surface area contributed by atoms with Gasteiger partial charge in [-0.2, -0.15) is 0 Å². The molecular weight excluding hydrogens is 157 g/mol. The summed E-state index contributed by atoms with van der Waals surface area (Å²) in [4.78, 5) is 0. The molecule has 0 rings (SSSR count). The lowest BCUT2D eigenvalue weighted by atomic mass is 10.8. The van der Waals surface area contributed by atoms with Crippen molar-refractivity contribution >= 4 is 28.4 Å². The number of rotatable bonds is 1. The molecule has 0 aromatic rings. The van der Waals surface area contributed by atoms with E-state index in [2.05, 4.69) is 13.2 Å². The number of hydrogen-bond acceptors (Lipinski definition) is 0. The Balaban J connectivity index is 0. The van der Waals surface area contributed by atoms with Crippen LogP contribution >= 0.6 is 23.2 Å². The molecule has 0 aromatic carbocycles. The number of nitrogens with zero attached hydrogens (tertiary/aromatic N) is 1. The van der Waals surface area contributed by atoms with Crippen molar-refractivity contribution in [1.29, 1.82) is 0 Å². The maximum absolute atomic E-state index is 5.51. The highest BCUT2D eigenvalue weighted by Gasteiger charge is 1.96. The number of halogens is 2. The van der Waals surface area contributed by atoms with Crippen molar-refractivity contribution in [2.24, 2.45) is 0 Å². The second-order valence-corrected chi connectivity index (χ2v) is 2.11. The van der Waals surface area contributed by atoms with Crippen LogP contribution in [0, 0.1) is 0 Å². The van der Waals surface area contributed by atoms with Crippen molar-refractivity contribution in [3.05, 3.63) is 13.2 Å². The van der Waals surface area contributed by atoms with Gasteiger partial charge in [-0.1, -0.05) is 0 Å². The van der Waals surface area contributed by atoms with Crippen LogP contribution in [0.15, 0.2) is 13.2 Å². The fourth-order valence-electron chi connectivity index (χ4n) is 0.120. The summed E-state index contributed by atoms with van der Waals surface area (Å²) < 4.78 is 1.77. The van der Waals surface area contributed by atoms with Crippen LogP contribution in [0.3, 0.4) is 0 Å². The summed E-state index contributed by atoms with van der Waals surface area (Å²) in [6.45, 7) is 6.00. The molecule has 9 heavy (non-hydrogen) atoms. The molecule has 0 aliphatic heterocycles. The molecule has 54 valence electrons. The zero-order valence-electron chi connectivity index (χ0n) is 5.82. The van der Waals surface area contributed by atoms with Crippen LogP contribution < -0.4 is 0 Å². The van der Waals surface area contributed by atoms with E-state index < -0.39 is 0 Å². The van der Waals surface area contributed by atoms with E-state index in [-0.39, 0.29) is 0 Å². The number of alkyl halides is 1. The molecule has 0 aromatic heterocycles. The van der Waals surface area contributed by atoms with Crippen molar-refractivity contribution in [2.75, 3.05) is 20.0 Å². The molecule has 0 radical (unpaired) electrons. The highest BCUT2D eigenvalue weighted by Crippen LogP contribution is 1.85. The molecule has 0 spiro atoms. The molecule has 0 unspecified atom stereocenters. The largest absolute Gasteiger partial charge is 0.259 e. The summed E-state index contributed by atoms with van der Waals surface area (Å²) in [5, 5.41) is 0.668. The van der Waals surface area contributed by atoms with Gasteiger partial charge in [0.1, 0.15) is 20.0 Å². The third kappa shape index (κ3) is 7.99. The van der Waals surface area contributed by atoms with Crippen molar-refractivity contribution in [1.82, 2.24) is 0 Å². The monoisotopic (exact) mass is 168 g/mol. The highest BCUT2D eigenvalue weighted by atomic mass is 35.5. The minimum Gasteiger partial charge on any atom is -0.228 e. The van der Waals surface area contributed by atoms with Gasteiger partial charge < -0.3 is 0 Å². The summed E-state index contributed by atoms with van der Waals surface area (Å²) >= 11 is 10.8. The molecule has 0 N–H and O–H groups in total. The van der Waals surface area contributed by atoms with E-state index in [1.54, 1.807) is 4.58 Å². The van der Waals surface area contributed by atoms with Gasteiger partial charge >= 0.3 is 0 Å². The molecule has 0 amide bonds. The summed E-state index contributed by atoms with van der Waals surface area (Å²) in [7, 11) is 3.70. The van der Waals surface area contributed by atoms with E-state index in [4.69, 9.17) is 23.2 Å². The second kappa shape index (κ2) is 7.99. The Bertz CT molecular complexity index is 95.2. The predicted octanol–water partition coefficient (Wildman–Crippen LogP) is 1.94. The molecule has 0 saturated carbocycles. The lowest BCUT2D eigenvalue weighted by molar-refractivity contribution is -0.462. The third-order valence-corrected chi connectivity index (χ3v) is 1.46. The SMILES string of the molecule is C=C.C[N+](C)=C(Cl)CCl. The van der Waals surface area contributed by atoms with Crippen molar-refractivity contribution in [3.63, 3.8) is 0 Å². The smallest absolute Gasteiger partial charge is 0.228 e. The maximum atomic E-state index is 5.51. The molecule has 1 nitrogen and oxygen atoms in total. The summed E-state index contributed by atoms with van der Waals surface area (Å²) in [5.74, 6) is 0.397. The summed E-state index contributed by atoms with van der Waals surface area (Å²) in [6.07, 6.45) is 0. The minimum atomic E-state index is 0.397. The van der Waals surface area contributed by atoms with Gasteiger partial charge in [0.2, 0.25) is 0 Å². The van der Waals surface area contributed by atoms with Crippen LogP contribution in [-0.4, -0.2) is 29.7 Å². The summed E-state index contributed by atoms with van der Waals surface area (Å²) in [5.41, 5.74) is 0. The molecule has 3 heteroatoms. The quantitative estimate of drug-likeness (QED) is 0.244. The Morgan fingerprint density at radius 1 is 1.44 bits per heavy atom. The number of hydrogen-bond donors (Lipinski definition) is 0. The first-order valence-electron chi connectivity index (χ1n) is 2.43. The standard InChI is InChI=1S/C4H8Cl2N.C2H4/c1-7(2)4(6)3-5;1-2/h3H2,1-2H3;1-2H2/q+1;.